The molecule has 2 aromatic rings. The van der Waals surface area contributed by atoms with Crippen molar-refractivity contribution in [2.75, 3.05) is 11.9 Å². The Bertz CT molecular complexity index is 563. The van der Waals surface area contributed by atoms with Gasteiger partial charge in [-0.05, 0) is 29.7 Å². The largest absolute Gasteiger partial charge is 0.377 e. The molecule has 2 aromatic carbocycles. The van der Waals surface area contributed by atoms with Gasteiger partial charge in [-0.2, -0.15) is 0 Å². The molecule has 2 atom stereocenters. The number of hydrogen-bond acceptors (Lipinski definition) is 2. The predicted octanol–water partition coefficient (Wildman–Crippen LogP) is 3.20. The summed E-state index contributed by atoms with van der Waals surface area (Å²) in [6.07, 6.45) is 0. The van der Waals surface area contributed by atoms with Crippen LogP contribution < -0.4 is 11.1 Å². The van der Waals surface area contributed by atoms with Crippen LogP contribution in [0.5, 0.6) is 0 Å². The summed E-state index contributed by atoms with van der Waals surface area (Å²) in [6.45, 7) is 2.83. The topological polar surface area (TPSA) is 38.0 Å². The molecule has 18 heavy (non-hydrogen) atoms. The van der Waals surface area contributed by atoms with E-state index in [0.717, 1.165) is 0 Å². The third-order valence-electron chi connectivity index (χ3n) is 3.85. The monoisotopic (exact) mass is 238 g/mol. The van der Waals surface area contributed by atoms with Gasteiger partial charge >= 0.3 is 0 Å². The molecule has 0 saturated carbocycles. The number of fused-ring (bicyclic) bond motifs is 1. The smallest absolute Gasteiger partial charge is 0.0597 e. The summed E-state index contributed by atoms with van der Waals surface area (Å²) < 4.78 is 0. The van der Waals surface area contributed by atoms with E-state index in [4.69, 9.17) is 5.73 Å². The second-order valence-corrected chi connectivity index (χ2v) is 4.91. The highest BCUT2D eigenvalue weighted by atomic mass is 15.0. The maximum Gasteiger partial charge on any atom is 0.0597 e. The summed E-state index contributed by atoms with van der Waals surface area (Å²) in [5, 5.41) is 3.61. The molecule has 2 nitrogen and oxygen atoms in total. The number of hydrogen-bond donors (Lipinski definition) is 2. The first-order chi connectivity index (χ1) is 8.81. The lowest BCUT2D eigenvalue weighted by atomic mass is 9.89. The molecule has 0 fully saturated rings. The summed E-state index contributed by atoms with van der Waals surface area (Å²) in [5.41, 5.74) is 11.2. The van der Waals surface area contributed by atoms with E-state index in [9.17, 15) is 0 Å². The van der Waals surface area contributed by atoms with Crippen molar-refractivity contribution in [3.8, 4) is 0 Å². The fourth-order valence-corrected chi connectivity index (χ4v) is 2.89. The molecule has 0 spiro atoms. The van der Waals surface area contributed by atoms with Gasteiger partial charge in [0.15, 0.2) is 0 Å². The zero-order valence-electron chi connectivity index (χ0n) is 10.6. The molecule has 2 heteroatoms. The van der Waals surface area contributed by atoms with Gasteiger partial charge in [-0.1, -0.05) is 42.5 Å². The number of anilines is 1. The first-order valence-electron chi connectivity index (χ1n) is 6.42. The van der Waals surface area contributed by atoms with Crippen LogP contribution in [0.25, 0.3) is 0 Å². The summed E-state index contributed by atoms with van der Waals surface area (Å²) >= 11 is 0. The van der Waals surface area contributed by atoms with Crippen LogP contribution >= 0.6 is 0 Å². The van der Waals surface area contributed by atoms with Crippen molar-refractivity contribution in [3.05, 3.63) is 65.2 Å². The second-order valence-electron chi connectivity index (χ2n) is 4.91. The fraction of sp³-hybridized carbons (Fsp3) is 0.250. The van der Waals surface area contributed by atoms with Gasteiger partial charge in [0, 0.05) is 18.2 Å². The molecule has 92 valence electrons. The van der Waals surface area contributed by atoms with Gasteiger partial charge in [-0.25, -0.2) is 0 Å². The highest BCUT2D eigenvalue weighted by Gasteiger charge is 2.32. The Morgan fingerprint density at radius 1 is 1.00 bits per heavy atom. The number of para-hydroxylation sites is 1. The molecule has 1 aliphatic heterocycles. The lowest BCUT2D eigenvalue weighted by Crippen LogP contribution is -2.20. The summed E-state index contributed by atoms with van der Waals surface area (Å²) in [4.78, 5) is 0. The minimum atomic E-state index is 0.300. The predicted molar refractivity (Wildman–Crippen MR) is 75.8 cm³/mol. The maximum atomic E-state index is 5.99. The van der Waals surface area contributed by atoms with Crippen molar-refractivity contribution in [1.29, 1.82) is 0 Å². The van der Waals surface area contributed by atoms with E-state index in [1.54, 1.807) is 0 Å². The van der Waals surface area contributed by atoms with Gasteiger partial charge in [-0.3, -0.25) is 0 Å². The van der Waals surface area contributed by atoms with Crippen LogP contribution in [0.1, 0.15) is 28.7 Å². The number of nitrogens with two attached hydrogens (primary N) is 1. The molecule has 0 aromatic heterocycles. The van der Waals surface area contributed by atoms with Crippen LogP contribution in [0.15, 0.2) is 48.5 Å². The second kappa shape index (κ2) is 4.46. The van der Waals surface area contributed by atoms with Crippen molar-refractivity contribution in [3.63, 3.8) is 0 Å². The molecule has 1 aliphatic rings. The number of aryl methyl sites for hydroxylation is 1. The Morgan fingerprint density at radius 3 is 2.39 bits per heavy atom. The van der Waals surface area contributed by atoms with E-state index in [-0.39, 0.29) is 0 Å². The van der Waals surface area contributed by atoms with Gasteiger partial charge < -0.3 is 11.1 Å². The van der Waals surface area contributed by atoms with Crippen LogP contribution in [0.4, 0.5) is 5.69 Å². The Morgan fingerprint density at radius 2 is 1.67 bits per heavy atom. The third-order valence-corrected chi connectivity index (χ3v) is 3.85. The van der Waals surface area contributed by atoms with Crippen molar-refractivity contribution in [2.24, 2.45) is 5.73 Å². The van der Waals surface area contributed by atoms with Gasteiger partial charge in [0.1, 0.15) is 0 Å². The first kappa shape index (κ1) is 11.3. The average Bonchev–Trinajstić information content (AvgIpc) is 2.77. The Labute approximate surface area is 108 Å². The fourth-order valence-electron chi connectivity index (χ4n) is 2.89. The molecule has 0 aliphatic carbocycles. The normalized spacial score (nSPS) is 21.4. The highest BCUT2D eigenvalue weighted by molar-refractivity contribution is 5.61. The zero-order chi connectivity index (χ0) is 12.5. The van der Waals surface area contributed by atoms with E-state index < -0.39 is 0 Å². The van der Waals surface area contributed by atoms with Gasteiger partial charge in [-0.15, -0.1) is 0 Å². The summed E-state index contributed by atoms with van der Waals surface area (Å²) in [7, 11) is 0. The lowest BCUT2D eigenvalue weighted by Gasteiger charge is -2.21. The van der Waals surface area contributed by atoms with Crippen LogP contribution in [-0.2, 0) is 0 Å². The van der Waals surface area contributed by atoms with Crippen molar-refractivity contribution in [1.82, 2.24) is 0 Å². The molecular weight excluding hydrogens is 220 g/mol. The minimum Gasteiger partial charge on any atom is -0.377 e. The lowest BCUT2D eigenvalue weighted by molar-refractivity contribution is 0.627. The third kappa shape index (κ3) is 1.70. The van der Waals surface area contributed by atoms with Gasteiger partial charge in [0.2, 0.25) is 0 Å². The van der Waals surface area contributed by atoms with E-state index in [1.165, 1.54) is 22.4 Å². The molecule has 0 saturated heterocycles. The van der Waals surface area contributed by atoms with Crippen LogP contribution in [-0.4, -0.2) is 6.54 Å². The molecular formula is C16H18N2. The van der Waals surface area contributed by atoms with Crippen LogP contribution in [0, 0.1) is 6.92 Å². The molecule has 1 heterocycles. The Kier molecular flexibility index (Phi) is 2.80. The van der Waals surface area contributed by atoms with Crippen molar-refractivity contribution in [2.45, 2.75) is 18.9 Å². The van der Waals surface area contributed by atoms with E-state index in [2.05, 4.69) is 60.8 Å². The number of benzene rings is 2. The average molecular weight is 238 g/mol. The maximum absolute atomic E-state index is 5.99. The van der Waals surface area contributed by atoms with E-state index >= 15 is 0 Å². The molecule has 0 unspecified atom stereocenters. The zero-order valence-corrected chi connectivity index (χ0v) is 10.6. The quantitative estimate of drug-likeness (QED) is 0.843. The van der Waals surface area contributed by atoms with Crippen molar-refractivity contribution >= 4 is 5.69 Å². The van der Waals surface area contributed by atoms with Crippen LogP contribution in [0.2, 0.25) is 0 Å². The Balaban J connectivity index is 2.04. The highest BCUT2D eigenvalue weighted by Crippen LogP contribution is 2.43. The SMILES string of the molecule is Cc1ccccc1[C@@H]1Nc2ccccc2[C@H]1CN. The molecule has 3 N–H and O–H groups in total. The van der Waals surface area contributed by atoms with Crippen LogP contribution in [0.3, 0.4) is 0 Å². The number of nitrogens with one attached hydrogen (secondary N) is 1. The van der Waals surface area contributed by atoms with Gasteiger partial charge in [0.05, 0.1) is 6.04 Å². The number of rotatable bonds is 2. The van der Waals surface area contributed by atoms with Crippen molar-refractivity contribution < 1.29 is 0 Å². The molecule has 0 amide bonds. The molecule has 0 radical (unpaired) electrons. The van der Waals surface area contributed by atoms with E-state index in [0.29, 0.717) is 18.5 Å². The Hall–Kier alpha value is -1.80. The van der Waals surface area contributed by atoms with E-state index in [1.807, 2.05) is 0 Å². The minimum absolute atomic E-state index is 0.300. The first-order valence-corrected chi connectivity index (χ1v) is 6.42. The van der Waals surface area contributed by atoms with Gasteiger partial charge in [0.25, 0.3) is 0 Å². The summed E-state index contributed by atoms with van der Waals surface area (Å²) in [6, 6.07) is 17.3. The molecule has 3 rings (SSSR count). The summed E-state index contributed by atoms with van der Waals surface area (Å²) in [5.74, 6) is 0.363. The standard InChI is InChI=1S/C16H18N2/c1-11-6-2-3-7-12(11)16-14(10-17)13-8-4-5-9-15(13)18-16/h2-9,14,16,18H,10,17H2,1H3/t14-,16+/m1/s1. The molecule has 0 bridgehead atoms.